The van der Waals surface area contributed by atoms with Gasteiger partial charge < -0.3 is 5.32 Å². The summed E-state index contributed by atoms with van der Waals surface area (Å²) in [7, 11) is 0. The monoisotopic (exact) mass is 348 g/mol. The smallest absolute Gasteiger partial charge is 0.305 e. The number of nitrogens with zero attached hydrogens (tertiary/aromatic N) is 5. The van der Waals surface area contributed by atoms with Gasteiger partial charge in [-0.2, -0.15) is 10.4 Å². The highest BCUT2D eigenvalue weighted by molar-refractivity contribution is 5.51. The Bertz CT molecular complexity index is 1000. The van der Waals surface area contributed by atoms with E-state index in [9.17, 15) is 10.1 Å². The lowest BCUT2D eigenvalue weighted by Crippen LogP contribution is -2.06. The number of hydrogen-bond acceptors (Lipinski definition) is 6. The highest BCUT2D eigenvalue weighted by atomic mass is 16.6. The van der Waals surface area contributed by atoms with E-state index in [1.165, 1.54) is 12.1 Å². The summed E-state index contributed by atoms with van der Waals surface area (Å²) in [5.74, 6) is 0.401. The number of hydrogen-bond donors (Lipinski definition) is 1. The van der Waals surface area contributed by atoms with Crippen molar-refractivity contribution in [3.63, 3.8) is 0 Å². The number of aromatic nitrogens is 3. The minimum atomic E-state index is -0.618. The molecule has 2 aromatic heterocycles. The van der Waals surface area contributed by atoms with Crippen molar-refractivity contribution < 1.29 is 4.92 Å². The third-order valence-electron chi connectivity index (χ3n) is 4.06. The Morgan fingerprint density at radius 1 is 1.23 bits per heavy atom. The summed E-state index contributed by atoms with van der Waals surface area (Å²) in [5.41, 5.74) is 3.33. The molecule has 0 aliphatic rings. The number of para-hydroxylation sites is 1. The fourth-order valence-electron chi connectivity index (χ4n) is 2.71. The Morgan fingerprint density at radius 2 is 1.96 bits per heavy atom. The first-order valence-corrected chi connectivity index (χ1v) is 7.91. The molecular formula is C18H16N6O2. The molecule has 8 heteroatoms. The van der Waals surface area contributed by atoms with Gasteiger partial charge in [-0.1, -0.05) is 18.2 Å². The van der Waals surface area contributed by atoms with Crippen LogP contribution in [0.25, 0.3) is 5.69 Å². The molecule has 0 radical (unpaired) electrons. The van der Waals surface area contributed by atoms with E-state index in [2.05, 4.69) is 15.4 Å². The lowest BCUT2D eigenvalue weighted by molar-refractivity contribution is -0.385. The SMILES string of the molecule is Cc1nn(-c2ccccc2)c(C)c1CNc1ccc([N+](=O)[O-])c(C#N)n1. The number of pyridine rings is 1. The van der Waals surface area contributed by atoms with Crippen molar-refractivity contribution in [3.05, 3.63) is 75.2 Å². The van der Waals surface area contributed by atoms with Crippen molar-refractivity contribution in [2.75, 3.05) is 5.32 Å². The summed E-state index contributed by atoms with van der Waals surface area (Å²) in [5, 5.41) is 27.6. The predicted molar refractivity (Wildman–Crippen MR) is 96.0 cm³/mol. The first kappa shape index (κ1) is 17.1. The second kappa shape index (κ2) is 7.03. The summed E-state index contributed by atoms with van der Waals surface area (Å²) in [6.07, 6.45) is 0. The summed E-state index contributed by atoms with van der Waals surface area (Å²) < 4.78 is 1.87. The molecule has 3 rings (SSSR count). The van der Waals surface area contributed by atoms with Crippen LogP contribution in [0.5, 0.6) is 0 Å². The van der Waals surface area contributed by atoms with E-state index in [4.69, 9.17) is 5.26 Å². The lowest BCUT2D eigenvalue weighted by Gasteiger charge is -2.08. The summed E-state index contributed by atoms with van der Waals surface area (Å²) in [4.78, 5) is 14.3. The molecular weight excluding hydrogens is 332 g/mol. The molecule has 0 saturated carbocycles. The highest BCUT2D eigenvalue weighted by Gasteiger charge is 2.16. The first-order valence-electron chi connectivity index (χ1n) is 7.91. The van der Waals surface area contributed by atoms with Crippen LogP contribution in [-0.4, -0.2) is 19.7 Å². The van der Waals surface area contributed by atoms with E-state index < -0.39 is 4.92 Å². The van der Waals surface area contributed by atoms with Gasteiger partial charge in [0.15, 0.2) is 0 Å². The van der Waals surface area contributed by atoms with Gasteiger partial charge in [-0.25, -0.2) is 9.67 Å². The second-order valence-corrected chi connectivity index (χ2v) is 5.68. The fourth-order valence-corrected chi connectivity index (χ4v) is 2.71. The molecule has 0 aliphatic heterocycles. The molecule has 26 heavy (non-hydrogen) atoms. The van der Waals surface area contributed by atoms with E-state index in [0.717, 1.165) is 22.6 Å². The molecule has 0 unspecified atom stereocenters. The van der Waals surface area contributed by atoms with Crippen molar-refractivity contribution >= 4 is 11.5 Å². The number of nitrogens with one attached hydrogen (secondary N) is 1. The average Bonchev–Trinajstić information content (AvgIpc) is 2.94. The quantitative estimate of drug-likeness (QED) is 0.560. The minimum Gasteiger partial charge on any atom is -0.366 e. The van der Waals surface area contributed by atoms with Crippen LogP contribution in [0.4, 0.5) is 11.5 Å². The molecule has 0 amide bonds. The van der Waals surface area contributed by atoms with Gasteiger partial charge in [-0.15, -0.1) is 0 Å². The van der Waals surface area contributed by atoms with Crippen LogP contribution in [0, 0.1) is 35.3 Å². The molecule has 130 valence electrons. The number of nitriles is 1. The number of anilines is 1. The van der Waals surface area contributed by atoms with Crippen molar-refractivity contribution in [3.8, 4) is 11.8 Å². The zero-order valence-electron chi connectivity index (χ0n) is 14.3. The van der Waals surface area contributed by atoms with Crippen LogP contribution < -0.4 is 5.32 Å². The molecule has 0 fully saturated rings. The van der Waals surface area contributed by atoms with E-state index >= 15 is 0 Å². The van der Waals surface area contributed by atoms with Gasteiger partial charge in [0.25, 0.3) is 0 Å². The molecule has 0 atom stereocenters. The number of nitro groups is 1. The molecule has 1 N–H and O–H groups in total. The normalized spacial score (nSPS) is 10.3. The zero-order valence-corrected chi connectivity index (χ0v) is 14.3. The number of benzene rings is 1. The van der Waals surface area contributed by atoms with Crippen molar-refractivity contribution in [1.29, 1.82) is 5.26 Å². The number of rotatable bonds is 5. The topological polar surface area (TPSA) is 110 Å². The van der Waals surface area contributed by atoms with Gasteiger partial charge in [0.05, 0.1) is 16.3 Å². The molecule has 2 heterocycles. The van der Waals surface area contributed by atoms with Gasteiger partial charge in [-0.3, -0.25) is 10.1 Å². The second-order valence-electron chi connectivity index (χ2n) is 5.68. The van der Waals surface area contributed by atoms with Crippen LogP contribution in [0.3, 0.4) is 0 Å². The Hall–Kier alpha value is -3.73. The van der Waals surface area contributed by atoms with Crippen LogP contribution in [0.1, 0.15) is 22.6 Å². The van der Waals surface area contributed by atoms with Gasteiger partial charge >= 0.3 is 5.69 Å². The fraction of sp³-hybridized carbons (Fsp3) is 0.167. The van der Waals surface area contributed by atoms with Crippen LogP contribution in [0.2, 0.25) is 0 Å². The van der Waals surface area contributed by atoms with E-state index in [1.54, 1.807) is 6.07 Å². The molecule has 0 bridgehead atoms. The molecule has 0 spiro atoms. The van der Waals surface area contributed by atoms with E-state index in [-0.39, 0.29) is 11.4 Å². The summed E-state index contributed by atoms with van der Waals surface area (Å²) >= 11 is 0. The predicted octanol–water partition coefficient (Wildman–Crippen LogP) is 3.28. The van der Waals surface area contributed by atoms with Crippen LogP contribution in [-0.2, 0) is 6.54 Å². The highest BCUT2D eigenvalue weighted by Crippen LogP contribution is 2.21. The number of aryl methyl sites for hydroxylation is 1. The van der Waals surface area contributed by atoms with E-state index in [0.29, 0.717) is 12.4 Å². The van der Waals surface area contributed by atoms with Crippen molar-refractivity contribution in [2.24, 2.45) is 0 Å². The molecule has 8 nitrogen and oxygen atoms in total. The average molecular weight is 348 g/mol. The Morgan fingerprint density at radius 3 is 2.62 bits per heavy atom. The lowest BCUT2D eigenvalue weighted by atomic mass is 10.2. The maximum atomic E-state index is 10.9. The maximum Gasteiger partial charge on any atom is 0.305 e. The van der Waals surface area contributed by atoms with Crippen molar-refractivity contribution in [2.45, 2.75) is 20.4 Å². The molecule has 0 saturated heterocycles. The third-order valence-corrected chi connectivity index (χ3v) is 4.06. The van der Waals surface area contributed by atoms with Crippen LogP contribution >= 0.6 is 0 Å². The van der Waals surface area contributed by atoms with Crippen LogP contribution in [0.15, 0.2) is 42.5 Å². The molecule has 3 aromatic rings. The molecule has 0 aliphatic carbocycles. The zero-order chi connectivity index (χ0) is 18.7. The Balaban J connectivity index is 1.84. The minimum absolute atomic E-state index is 0.214. The van der Waals surface area contributed by atoms with Crippen molar-refractivity contribution in [1.82, 2.24) is 14.8 Å². The molecule has 1 aromatic carbocycles. The van der Waals surface area contributed by atoms with Gasteiger partial charge in [0.2, 0.25) is 5.69 Å². The Kier molecular flexibility index (Phi) is 4.62. The summed E-state index contributed by atoms with van der Waals surface area (Å²) in [6.45, 7) is 4.35. The maximum absolute atomic E-state index is 10.9. The Labute approximate surface area is 149 Å². The largest absolute Gasteiger partial charge is 0.366 e. The van der Waals surface area contributed by atoms with Gasteiger partial charge in [-0.05, 0) is 32.0 Å². The van der Waals surface area contributed by atoms with Gasteiger partial charge in [0, 0.05) is 23.9 Å². The first-order chi connectivity index (χ1) is 12.5. The third kappa shape index (κ3) is 3.23. The standard InChI is InChI=1S/C18H16N6O2/c1-12-15(13(2)23(22-12)14-6-4-3-5-7-14)11-20-18-9-8-17(24(25)26)16(10-19)21-18/h3-9H,11H2,1-2H3,(H,20,21). The van der Waals surface area contributed by atoms with Gasteiger partial charge in [0.1, 0.15) is 11.9 Å². The summed E-state index contributed by atoms with van der Waals surface area (Å²) in [6, 6.07) is 14.3. The van der Waals surface area contributed by atoms with E-state index in [1.807, 2.05) is 48.9 Å².